The van der Waals surface area contributed by atoms with Crippen molar-refractivity contribution in [2.24, 2.45) is 5.73 Å². The normalized spacial score (nSPS) is 20.9. The molecule has 0 aliphatic carbocycles. The lowest BCUT2D eigenvalue weighted by Crippen LogP contribution is -2.45. The Morgan fingerprint density at radius 1 is 1.38 bits per heavy atom. The van der Waals surface area contributed by atoms with Gasteiger partial charge >= 0.3 is 0 Å². The van der Waals surface area contributed by atoms with E-state index in [1.165, 1.54) is 6.07 Å². The van der Waals surface area contributed by atoms with Crippen molar-refractivity contribution in [2.75, 3.05) is 26.7 Å². The number of piperidine rings is 1. The van der Waals surface area contributed by atoms with Gasteiger partial charge in [0, 0.05) is 12.0 Å². The summed E-state index contributed by atoms with van der Waals surface area (Å²) in [5.41, 5.74) is 6.96. The summed E-state index contributed by atoms with van der Waals surface area (Å²) < 4.78 is 13.3. The number of nitrogens with zero attached hydrogens (tertiary/aromatic N) is 1. The van der Waals surface area contributed by atoms with Crippen molar-refractivity contribution in [3.05, 3.63) is 35.6 Å². The highest BCUT2D eigenvalue weighted by Gasteiger charge is 2.34. The van der Waals surface area contributed by atoms with Crippen molar-refractivity contribution >= 4 is 0 Å². The van der Waals surface area contributed by atoms with Crippen LogP contribution in [-0.2, 0) is 5.41 Å². The fourth-order valence-corrected chi connectivity index (χ4v) is 2.48. The van der Waals surface area contributed by atoms with Crippen molar-refractivity contribution in [1.29, 1.82) is 0 Å². The molecule has 2 rings (SSSR count). The van der Waals surface area contributed by atoms with Crippen molar-refractivity contribution in [3.8, 4) is 0 Å². The molecule has 1 aromatic rings. The van der Waals surface area contributed by atoms with Gasteiger partial charge in [-0.3, -0.25) is 0 Å². The fourth-order valence-electron chi connectivity index (χ4n) is 2.48. The summed E-state index contributed by atoms with van der Waals surface area (Å²) in [6.45, 7) is 2.67. The average Bonchev–Trinajstić information content (AvgIpc) is 2.31. The van der Waals surface area contributed by atoms with Gasteiger partial charge in [0.2, 0.25) is 0 Å². The Labute approximate surface area is 96.2 Å². The highest BCUT2D eigenvalue weighted by Crippen LogP contribution is 2.34. The first-order valence-electron chi connectivity index (χ1n) is 5.81. The van der Waals surface area contributed by atoms with Gasteiger partial charge in [0.05, 0.1) is 0 Å². The predicted octanol–water partition coefficient (Wildman–Crippen LogP) is 1.75. The predicted molar refractivity (Wildman–Crippen MR) is 63.9 cm³/mol. The van der Waals surface area contributed by atoms with E-state index in [0.29, 0.717) is 6.54 Å². The molecule has 1 heterocycles. The molecule has 16 heavy (non-hydrogen) atoms. The topological polar surface area (TPSA) is 29.3 Å². The summed E-state index contributed by atoms with van der Waals surface area (Å²) in [6.07, 6.45) is 2.03. The van der Waals surface area contributed by atoms with Gasteiger partial charge in [0.25, 0.3) is 0 Å². The summed E-state index contributed by atoms with van der Waals surface area (Å²) in [6, 6.07) is 6.91. The van der Waals surface area contributed by atoms with E-state index in [9.17, 15) is 4.39 Å². The number of rotatable bonds is 2. The summed E-state index contributed by atoms with van der Waals surface area (Å²) in [5, 5.41) is 0. The number of halogens is 1. The SMILES string of the molecule is CN1CCC(CN)(c2cccc(F)c2)CC1. The smallest absolute Gasteiger partial charge is 0.123 e. The number of benzene rings is 1. The highest BCUT2D eigenvalue weighted by atomic mass is 19.1. The van der Waals surface area contributed by atoms with Crippen LogP contribution in [0.5, 0.6) is 0 Å². The summed E-state index contributed by atoms with van der Waals surface area (Å²) in [5.74, 6) is -0.163. The molecule has 2 nitrogen and oxygen atoms in total. The van der Waals surface area contributed by atoms with Crippen molar-refractivity contribution < 1.29 is 4.39 Å². The van der Waals surface area contributed by atoms with Crippen LogP contribution >= 0.6 is 0 Å². The molecule has 0 radical (unpaired) electrons. The van der Waals surface area contributed by atoms with Crippen LogP contribution in [0.3, 0.4) is 0 Å². The molecular weight excluding hydrogens is 203 g/mol. The summed E-state index contributed by atoms with van der Waals surface area (Å²) >= 11 is 0. The lowest BCUT2D eigenvalue weighted by molar-refractivity contribution is 0.191. The minimum absolute atomic E-state index is 0.0192. The first-order chi connectivity index (χ1) is 7.66. The fraction of sp³-hybridized carbons (Fsp3) is 0.538. The van der Waals surface area contributed by atoms with Gasteiger partial charge in [0.15, 0.2) is 0 Å². The van der Waals surface area contributed by atoms with Gasteiger partial charge in [-0.05, 0) is 50.7 Å². The van der Waals surface area contributed by atoms with Gasteiger partial charge in [-0.1, -0.05) is 12.1 Å². The van der Waals surface area contributed by atoms with Crippen LogP contribution in [0.15, 0.2) is 24.3 Å². The third-order valence-electron chi connectivity index (χ3n) is 3.77. The van der Waals surface area contributed by atoms with E-state index in [4.69, 9.17) is 5.73 Å². The van der Waals surface area contributed by atoms with E-state index < -0.39 is 0 Å². The van der Waals surface area contributed by atoms with E-state index in [1.807, 2.05) is 6.07 Å². The van der Waals surface area contributed by atoms with E-state index in [0.717, 1.165) is 31.5 Å². The van der Waals surface area contributed by atoms with Crippen LogP contribution in [0.25, 0.3) is 0 Å². The van der Waals surface area contributed by atoms with E-state index >= 15 is 0 Å². The minimum atomic E-state index is -0.163. The lowest BCUT2D eigenvalue weighted by Gasteiger charge is -2.40. The molecule has 0 amide bonds. The Balaban J connectivity index is 2.28. The molecule has 0 spiro atoms. The molecule has 3 heteroatoms. The van der Waals surface area contributed by atoms with Crippen LogP contribution in [0.1, 0.15) is 18.4 Å². The maximum absolute atomic E-state index is 13.3. The second kappa shape index (κ2) is 4.52. The number of nitrogens with two attached hydrogens (primary N) is 1. The maximum Gasteiger partial charge on any atom is 0.123 e. The zero-order valence-corrected chi connectivity index (χ0v) is 9.75. The first-order valence-corrected chi connectivity index (χ1v) is 5.81. The zero-order chi connectivity index (χ0) is 11.6. The second-order valence-electron chi connectivity index (χ2n) is 4.80. The van der Waals surface area contributed by atoms with Crippen molar-refractivity contribution in [2.45, 2.75) is 18.3 Å². The van der Waals surface area contributed by atoms with E-state index in [1.54, 1.807) is 12.1 Å². The highest BCUT2D eigenvalue weighted by molar-refractivity contribution is 5.27. The Morgan fingerprint density at radius 2 is 2.06 bits per heavy atom. The van der Waals surface area contributed by atoms with Crippen molar-refractivity contribution in [1.82, 2.24) is 4.90 Å². The number of hydrogen-bond acceptors (Lipinski definition) is 2. The molecule has 0 aromatic heterocycles. The van der Waals surface area contributed by atoms with Gasteiger partial charge in [0.1, 0.15) is 5.82 Å². The largest absolute Gasteiger partial charge is 0.330 e. The standard InChI is InChI=1S/C13H19FN2/c1-16-7-5-13(10-15,6-8-16)11-3-2-4-12(14)9-11/h2-4,9H,5-8,10,15H2,1H3. The third kappa shape index (κ3) is 2.11. The quantitative estimate of drug-likeness (QED) is 0.826. The van der Waals surface area contributed by atoms with Gasteiger partial charge in [-0.25, -0.2) is 4.39 Å². The molecule has 1 aliphatic heterocycles. The average molecular weight is 222 g/mol. The molecule has 0 atom stereocenters. The first kappa shape index (κ1) is 11.6. The summed E-state index contributed by atoms with van der Waals surface area (Å²) in [7, 11) is 2.12. The van der Waals surface area contributed by atoms with Gasteiger partial charge in [-0.15, -0.1) is 0 Å². The van der Waals surface area contributed by atoms with Gasteiger partial charge < -0.3 is 10.6 Å². The number of likely N-dealkylation sites (tertiary alicyclic amines) is 1. The van der Waals surface area contributed by atoms with Crippen LogP contribution in [0.2, 0.25) is 0 Å². The lowest BCUT2D eigenvalue weighted by atomic mass is 9.73. The Kier molecular flexibility index (Phi) is 3.26. The molecular formula is C13H19FN2. The number of hydrogen-bond donors (Lipinski definition) is 1. The minimum Gasteiger partial charge on any atom is -0.330 e. The maximum atomic E-state index is 13.3. The Bertz CT molecular complexity index is 357. The molecule has 2 N–H and O–H groups in total. The third-order valence-corrected chi connectivity index (χ3v) is 3.77. The Hall–Kier alpha value is -0.930. The van der Waals surface area contributed by atoms with Crippen LogP contribution in [-0.4, -0.2) is 31.6 Å². The molecule has 0 unspecified atom stereocenters. The van der Waals surface area contributed by atoms with E-state index in [-0.39, 0.29) is 11.2 Å². The molecule has 1 fully saturated rings. The van der Waals surface area contributed by atoms with Crippen LogP contribution in [0.4, 0.5) is 4.39 Å². The monoisotopic (exact) mass is 222 g/mol. The van der Waals surface area contributed by atoms with Crippen molar-refractivity contribution in [3.63, 3.8) is 0 Å². The van der Waals surface area contributed by atoms with Gasteiger partial charge in [-0.2, -0.15) is 0 Å². The molecule has 0 saturated carbocycles. The summed E-state index contributed by atoms with van der Waals surface area (Å²) in [4.78, 5) is 2.30. The Morgan fingerprint density at radius 3 is 2.62 bits per heavy atom. The molecule has 1 saturated heterocycles. The van der Waals surface area contributed by atoms with Crippen LogP contribution in [0, 0.1) is 5.82 Å². The molecule has 1 aromatic carbocycles. The zero-order valence-electron chi connectivity index (χ0n) is 9.75. The van der Waals surface area contributed by atoms with Crippen LogP contribution < -0.4 is 5.73 Å². The molecule has 1 aliphatic rings. The molecule has 0 bridgehead atoms. The van der Waals surface area contributed by atoms with E-state index in [2.05, 4.69) is 11.9 Å². The second-order valence-corrected chi connectivity index (χ2v) is 4.80. The molecule has 88 valence electrons.